The van der Waals surface area contributed by atoms with E-state index in [1.807, 2.05) is 0 Å². The van der Waals surface area contributed by atoms with E-state index in [0.29, 0.717) is 0 Å². The lowest BCUT2D eigenvalue weighted by molar-refractivity contribution is 0.118. The fourth-order valence-electron chi connectivity index (χ4n) is 0.934. The number of nitrogens with zero attached hydrogens (tertiary/aromatic N) is 1. The molecule has 12 heavy (non-hydrogen) atoms. The maximum atomic E-state index is 5.16. The third-order valence-electron chi connectivity index (χ3n) is 1.83. The van der Waals surface area contributed by atoms with Gasteiger partial charge in [-0.1, -0.05) is 6.92 Å². The van der Waals surface area contributed by atoms with Crippen LogP contribution in [0, 0.1) is 0 Å². The second-order valence-corrected chi connectivity index (χ2v) is 3.78. The van der Waals surface area contributed by atoms with Crippen molar-refractivity contribution in [1.82, 2.24) is 4.98 Å². The molecule has 1 heterocycles. The first-order valence-corrected chi connectivity index (χ1v) is 5.10. The predicted octanol–water partition coefficient (Wildman–Crippen LogP) is 2.28. The van der Waals surface area contributed by atoms with Crippen LogP contribution in [0.5, 0.6) is 0 Å². The second-order valence-electron chi connectivity index (χ2n) is 2.84. The van der Waals surface area contributed by atoms with Crippen LogP contribution in [0.1, 0.15) is 24.5 Å². The van der Waals surface area contributed by atoms with Crippen molar-refractivity contribution in [3.63, 3.8) is 0 Å². The summed E-state index contributed by atoms with van der Waals surface area (Å²) in [6.45, 7) is 4.19. The van der Waals surface area contributed by atoms with Gasteiger partial charge in [0, 0.05) is 18.9 Å². The average molecular weight is 185 g/mol. The fraction of sp³-hybridized carbons (Fsp3) is 0.667. The molecule has 0 aromatic carbocycles. The van der Waals surface area contributed by atoms with Crippen LogP contribution in [0.15, 0.2) is 5.38 Å². The van der Waals surface area contributed by atoms with E-state index in [2.05, 4.69) is 24.2 Å². The van der Waals surface area contributed by atoms with Gasteiger partial charge in [0.2, 0.25) is 0 Å². The molecule has 3 heteroatoms. The summed E-state index contributed by atoms with van der Waals surface area (Å²) in [6.07, 6.45) is 2.24. The van der Waals surface area contributed by atoms with Gasteiger partial charge in [0.15, 0.2) is 0 Å². The van der Waals surface area contributed by atoms with Gasteiger partial charge in [-0.15, -0.1) is 11.3 Å². The Bertz CT molecular complexity index is 234. The van der Waals surface area contributed by atoms with Crippen molar-refractivity contribution in [2.24, 2.45) is 0 Å². The van der Waals surface area contributed by atoms with E-state index in [4.69, 9.17) is 4.74 Å². The first-order chi connectivity index (χ1) is 5.76. The number of methoxy groups -OCH3 is 1. The lowest BCUT2D eigenvalue weighted by atomic mass is 10.3. The Morgan fingerprint density at radius 3 is 2.92 bits per heavy atom. The van der Waals surface area contributed by atoms with Crippen molar-refractivity contribution in [2.75, 3.05) is 7.11 Å². The first-order valence-electron chi connectivity index (χ1n) is 4.22. The summed E-state index contributed by atoms with van der Waals surface area (Å²) < 4.78 is 5.16. The normalized spacial score (nSPS) is 13.2. The largest absolute Gasteiger partial charge is 0.381 e. The van der Waals surface area contributed by atoms with E-state index in [1.54, 1.807) is 18.4 Å². The number of aromatic nitrogens is 1. The molecule has 0 aliphatic rings. The molecule has 68 valence electrons. The zero-order valence-corrected chi connectivity index (χ0v) is 8.65. The minimum absolute atomic E-state index is 0.279. The number of aryl methyl sites for hydroxylation is 1. The van der Waals surface area contributed by atoms with Crippen LogP contribution in [-0.2, 0) is 17.6 Å². The summed E-state index contributed by atoms with van der Waals surface area (Å²) in [6, 6.07) is 0. The Morgan fingerprint density at radius 2 is 2.42 bits per heavy atom. The molecular formula is C9H15NOS. The average Bonchev–Trinajstić information content (AvgIpc) is 2.52. The molecular weight excluding hydrogens is 170 g/mol. The number of thiazole rings is 1. The van der Waals surface area contributed by atoms with Crippen LogP contribution in [0.25, 0.3) is 0 Å². The van der Waals surface area contributed by atoms with E-state index in [0.717, 1.165) is 12.8 Å². The van der Waals surface area contributed by atoms with Crippen LogP contribution in [0.2, 0.25) is 0 Å². The summed E-state index contributed by atoms with van der Waals surface area (Å²) >= 11 is 1.73. The lowest BCUT2D eigenvalue weighted by Crippen LogP contribution is -2.08. The van der Waals surface area contributed by atoms with Gasteiger partial charge in [-0.05, 0) is 13.3 Å². The first kappa shape index (κ1) is 9.68. The summed E-state index contributed by atoms with van der Waals surface area (Å²) in [5.74, 6) is 0. The van der Waals surface area contributed by atoms with Crippen LogP contribution >= 0.6 is 11.3 Å². The molecule has 0 spiro atoms. The van der Waals surface area contributed by atoms with Crippen molar-refractivity contribution < 1.29 is 4.74 Å². The molecule has 1 atom stereocenters. The van der Waals surface area contributed by atoms with Crippen molar-refractivity contribution in [3.8, 4) is 0 Å². The smallest absolute Gasteiger partial charge is 0.0954 e. The van der Waals surface area contributed by atoms with E-state index in [9.17, 15) is 0 Å². The molecule has 0 saturated carbocycles. The van der Waals surface area contributed by atoms with Gasteiger partial charge in [-0.3, -0.25) is 0 Å². The topological polar surface area (TPSA) is 22.1 Å². The van der Waals surface area contributed by atoms with Crippen LogP contribution in [-0.4, -0.2) is 18.2 Å². The molecule has 1 aromatic heterocycles. The Labute approximate surface area is 77.6 Å². The SMILES string of the molecule is CCc1csc(CC(C)OC)n1. The molecule has 0 amide bonds. The molecule has 0 N–H and O–H groups in total. The van der Waals surface area contributed by atoms with E-state index in [-0.39, 0.29) is 6.10 Å². The second kappa shape index (κ2) is 4.58. The molecule has 1 unspecified atom stereocenters. The predicted molar refractivity (Wildman–Crippen MR) is 51.7 cm³/mol. The minimum atomic E-state index is 0.279. The Kier molecular flexibility index (Phi) is 3.69. The summed E-state index contributed by atoms with van der Waals surface area (Å²) in [5.41, 5.74) is 1.19. The van der Waals surface area contributed by atoms with Gasteiger partial charge in [-0.25, -0.2) is 4.98 Å². The highest BCUT2D eigenvalue weighted by Crippen LogP contribution is 2.12. The Balaban J connectivity index is 2.52. The number of ether oxygens (including phenoxy) is 1. The lowest BCUT2D eigenvalue weighted by Gasteiger charge is -2.05. The zero-order chi connectivity index (χ0) is 8.97. The summed E-state index contributed by atoms with van der Waals surface area (Å²) in [4.78, 5) is 4.46. The van der Waals surface area contributed by atoms with Crippen LogP contribution < -0.4 is 0 Å². The molecule has 0 aliphatic carbocycles. The third kappa shape index (κ3) is 2.57. The molecule has 0 aliphatic heterocycles. The number of rotatable bonds is 4. The van der Waals surface area contributed by atoms with Gasteiger partial charge in [-0.2, -0.15) is 0 Å². The van der Waals surface area contributed by atoms with Crippen LogP contribution in [0.3, 0.4) is 0 Å². The molecule has 1 rings (SSSR count). The zero-order valence-electron chi connectivity index (χ0n) is 7.83. The van der Waals surface area contributed by atoms with Crippen molar-refractivity contribution in [2.45, 2.75) is 32.8 Å². The van der Waals surface area contributed by atoms with Gasteiger partial charge >= 0.3 is 0 Å². The minimum Gasteiger partial charge on any atom is -0.381 e. The van der Waals surface area contributed by atoms with Crippen molar-refractivity contribution in [1.29, 1.82) is 0 Å². The van der Waals surface area contributed by atoms with Gasteiger partial charge in [0.05, 0.1) is 16.8 Å². The summed E-state index contributed by atoms with van der Waals surface area (Å²) in [5, 5.41) is 3.30. The highest BCUT2D eigenvalue weighted by Gasteiger charge is 2.05. The number of hydrogen-bond donors (Lipinski definition) is 0. The molecule has 2 nitrogen and oxygen atoms in total. The van der Waals surface area contributed by atoms with E-state index >= 15 is 0 Å². The fourth-order valence-corrected chi connectivity index (χ4v) is 1.93. The van der Waals surface area contributed by atoms with E-state index < -0.39 is 0 Å². The monoisotopic (exact) mass is 185 g/mol. The molecule has 1 aromatic rings. The van der Waals surface area contributed by atoms with Gasteiger partial charge < -0.3 is 4.74 Å². The van der Waals surface area contributed by atoms with Gasteiger partial charge in [0.1, 0.15) is 0 Å². The maximum Gasteiger partial charge on any atom is 0.0954 e. The molecule has 0 saturated heterocycles. The van der Waals surface area contributed by atoms with Gasteiger partial charge in [0.25, 0.3) is 0 Å². The highest BCUT2D eigenvalue weighted by atomic mass is 32.1. The van der Waals surface area contributed by atoms with Crippen molar-refractivity contribution in [3.05, 3.63) is 16.1 Å². The number of hydrogen-bond acceptors (Lipinski definition) is 3. The van der Waals surface area contributed by atoms with E-state index in [1.165, 1.54) is 10.7 Å². The standard InChI is InChI=1S/C9H15NOS/c1-4-8-6-12-9(10-8)5-7(2)11-3/h6-7H,4-5H2,1-3H3. The maximum absolute atomic E-state index is 5.16. The highest BCUT2D eigenvalue weighted by molar-refractivity contribution is 7.09. The van der Waals surface area contributed by atoms with Crippen molar-refractivity contribution >= 4 is 11.3 Å². The quantitative estimate of drug-likeness (QED) is 0.718. The Morgan fingerprint density at radius 1 is 1.67 bits per heavy atom. The molecule has 0 radical (unpaired) electrons. The Hall–Kier alpha value is -0.410. The third-order valence-corrected chi connectivity index (χ3v) is 2.75. The summed E-state index contributed by atoms with van der Waals surface area (Å²) in [7, 11) is 1.74. The molecule has 0 fully saturated rings. The van der Waals surface area contributed by atoms with Crippen LogP contribution in [0.4, 0.5) is 0 Å². The molecule has 0 bridgehead atoms.